The van der Waals surface area contributed by atoms with E-state index in [9.17, 15) is 0 Å². The summed E-state index contributed by atoms with van der Waals surface area (Å²) in [6.45, 7) is 2.13. The summed E-state index contributed by atoms with van der Waals surface area (Å²) in [6.07, 6.45) is 0. The predicted molar refractivity (Wildman–Crippen MR) is 115 cm³/mol. The third-order valence-corrected chi connectivity index (χ3v) is 5.11. The zero-order valence-corrected chi connectivity index (χ0v) is 15.2. The first-order valence-electron chi connectivity index (χ1n) is 9.24. The lowest BCUT2D eigenvalue weighted by Crippen LogP contribution is -1.91. The Bertz CT molecular complexity index is 1260. The summed E-state index contributed by atoms with van der Waals surface area (Å²) >= 11 is 0. The van der Waals surface area contributed by atoms with Crippen molar-refractivity contribution in [3.05, 3.63) is 103 Å². The van der Waals surface area contributed by atoms with Crippen molar-refractivity contribution in [3.63, 3.8) is 0 Å². The molecule has 0 spiro atoms. The second-order valence-corrected chi connectivity index (χ2v) is 6.97. The van der Waals surface area contributed by atoms with Gasteiger partial charge in [-0.1, -0.05) is 84.4 Å². The topological polar surface area (TPSA) is 12.9 Å². The smallest absolute Gasteiger partial charge is 0.0722 e. The number of hydrogen-bond acceptors (Lipinski definition) is 1. The normalized spacial score (nSPS) is 11.1. The van der Waals surface area contributed by atoms with E-state index in [1.54, 1.807) is 0 Å². The molecule has 0 N–H and O–H groups in total. The van der Waals surface area contributed by atoms with Gasteiger partial charge in [0.05, 0.1) is 11.2 Å². The van der Waals surface area contributed by atoms with E-state index in [-0.39, 0.29) is 0 Å². The van der Waals surface area contributed by atoms with Gasteiger partial charge in [-0.05, 0) is 47.0 Å². The molecule has 0 aliphatic rings. The maximum atomic E-state index is 5.02. The number of aromatic nitrogens is 1. The van der Waals surface area contributed by atoms with Gasteiger partial charge in [-0.25, -0.2) is 4.98 Å². The molecule has 0 unspecified atom stereocenters. The molecule has 0 aliphatic carbocycles. The van der Waals surface area contributed by atoms with Crippen molar-refractivity contribution in [1.82, 2.24) is 4.98 Å². The molecule has 5 rings (SSSR count). The second-order valence-electron chi connectivity index (χ2n) is 6.97. The van der Waals surface area contributed by atoms with E-state index in [1.165, 1.54) is 38.4 Å². The maximum absolute atomic E-state index is 5.02. The summed E-state index contributed by atoms with van der Waals surface area (Å²) in [4.78, 5) is 5.02. The Kier molecular flexibility index (Phi) is 3.72. The number of hydrogen-bond donors (Lipinski definition) is 0. The molecular formula is C26H19N. The Morgan fingerprint density at radius 1 is 0.593 bits per heavy atom. The highest BCUT2D eigenvalue weighted by Gasteiger charge is 2.11. The number of fused-ring (bicyclic) bond motifs is 2. The van der Waals surface area contributed by atoms with Gasteiger partial charge in [-0.15, -0.1) is 0 Å². The number of aryl methyl sites for hydroxylation is 1. The minimum atomic E-state index is 1.02. The number of rotatable bonds is 2. The molecular weight excluding hydrogens is 326 g/mol. The van der Waals surface area contributed by atoms with Crippen molar-refractivity contribution in [2.45, 2.75) is 6.92 Å². The Labute approximate surface area is 158 Å². The van der Waals surface area contributed by atoms with Gasteiger partial charge in [-0.2, -0.15) is 0 Å². The molecule has 0 radical (unpaired) electrons. The maximum Gasteiger partial charge on any atom is 0.0722 e. The van der Waals surface area contributed by atoms with Gasteiger partial charge in [-0.3, -0.25) is 0 Å². The Morgan fingerprint density at radius 2 is 1.37 bits per heavy atom. The van der Waals surface area contributed by atoms with E-state index >= 15 is 0 Å². The highest BCUT2D eigenvalue weighted by Crippen LogP contribution is 2.35. The number of nitrogens with zero attached hydrogens (tertiary/aromatic N) is 1. The molecule has 0 aliphatic heterocycles. The van der Waals surface area contributed by atoms with Crippen LogP contribution in [0.1, 0.15) is 5.56 Å². The molecule has 0 amide bonds. The average molecular weight is 345 g/mol. The molecule has 4 aromatic carbocycles. The van der Waals surface area contributed by atoms with E-state index in [1.807, 2.05) is 0 Å². The van der Waals surface area contributed by atoms with Crippen LogP contribution in [0.4, 0.5) is 0 Å². The molecule has 0 saturated heterocycles. The summed E-state index contributed by atoms with van der Waals surface area (Å²) in [5.41, 5.74) is 6.92. The van der Waals surface area contributed by atoms with Gasteiger partial charge in [0.15, 0.2) is 0 Å². The van der Waals surface area contributed by atoms with E-state index in [2.05, 4.69) is 104 Å². The van der Waals surface area contributed by atoms with Crippen molar-refractivity contribution in [2.75, 3.05) is 0 Å². The fourth-order valence-electron chi connectivity index (χ4n) is 3.78. The molecule has 1 heterocycles. The van der Waals surface area contributed by atoms with Gasteiger partial charge in [0, 0.05) is 10.9 Å². The minimum absolute atomic E-state index is 1.02. The standard InChI is InChI=1S/C26H19N/c1-18-14-15-25-24(16-18)23(20-8-3-2-4-9-20)17-26(27-25)22-13-7-11-19-10-5-6-12-21(19)22/h2-17H,1H3. The van der Waals surface area contributed by atoms with Crippen LogP contribution in [-0.2, 0) is 0 Å². The zero-order chi connectivity index (χ0) is 18.2. The van der Waals surface area contributed by atoms with Crippen LogP contribution < -0.4 is 0 Å². The lowest BCUT2D eigenvalue weighted by atomic mass is 9.95. The fourth-order valence-corrected chi connectivity index (χ4v) is 3.78. The number of pyridine rings is 1. The van der Waals surface area contributed by atoms with E-state index < -0.39 is 0 Å². The van der Waals surface area contributed by atoms with Crippen LogP contribution >= 0.6 is 0 Å². The van der Waals surface area contributed by atoms with Crippen LogP contribution in [0.2, 0.25) is 0 Å². The average Bonchev–Trinajstić information content (AvgIpc) is 2.73. The lowest BCUT2D eigenvalue weighted by molar-refractivity contribution is 1.39. The first kappa shape index (κ1) is 15.8. The van der Waals surface area contributed by atoms with Gasteiger partial charge in [0.1, 0.15) is 0 Å². The van der Waals surface area contributed by atoms with Gasteiger partial charge in [0.25, 0.3) is 0 Å². The van der Waals surface area contributed by atoms with Gasteiger partial charge < -0.3 is 0 Å². The molecule has 0 bridgehead atoms. The van der Waals surface area contributed by atoms with Crippen LogP contribution in [0.5, 0.6) is 0 Å². The lowest BCUT2D eigenvalue weighted by Gasteiger charge is -2.12. The van der Waals surface area contributed by atoms with Crippen molar-refractivity contribution in [3.8, 4) is 22.4 Å². The number of benzene rings is 4. The summed E-state index contributed by atoms with van der Waals surface area (Å²) in [5.74, 6) is 0. The van der Waals surface area contributed by atoms with Crippen LogP contribution in [0.3, 0.4) is 0 Å². The molecule has 1 aromatic heterocycles. The summed E-state index contributed by atoms with van der Waals surface area (Å²) in [5, 5.41) is 3.67. The monoisotopic (exact) mass is 345 g/mol. The molecule has 0 saturated carbocycles. The van der Waals surface area contributed by atoms with Crippen LogP contribution in [0.25, 0.3) is 44.1 Å². The van der Waals surface area contributed by atoms with Gasteiger partial charge >= 0.3 is 0 Å². The fraction of sp³-hybridized carbons (Fsp3) is 0.0385. The Balaban J connectivity index is 1.85. The van der Waals surface area contributed by atoms with Gasteiger partial charge in [0.2, 0.25) is 0 Å². The third-order valence-electron chi connectivity index (χ3n) is 5.11. The van der Waals surface area contributed by atoms with Crippen molar-refractivity contribution in [1.29, 1.82) is 0 Å². The molecule has 1 nitrogen and oxygen atoms in total. The molecule has 0 atom stereocenters. The highest BCUT2D eigenvalue weighted by atomic mass is 14.7. The van der Waals surface area contributed by atoms with Crippen LogP contribution in [-0.4, -0.2) is 4.98 Å². The SMILES string of the molecule is Cc1ccc2nc(-c3cccc4ccccc34)cc(-c3ccccc3)c2c1. The first-order chi connectivity index (χ1) is 13.3. The zero-order valence-electron chi connectivity index (χ0n) is 15.2. The molecule has 0 fully saturated rings. The van der Waals surface area contributed by atoms with Crippen LogP contribution in [0.15, 0.2) is 97.1 Å². The largest absolute Gasteiger partial charge is 0.248 e. The van der Waals surface area contributed by atoms with Crippen molar-refractivity contribution < 1.29 is 0 Å². The van der Waals surface area contributed by atoms with Crippen LogP contribution in [0, 0.1) is 6.92 Å². The summed E-state index contributed by atoms with van der Waals surface area (Å²) < 4.78 is 0. The summed E-state index contributed by atoms with van der Waals surface area (Å²) in [6, 6.07) is 34.3. The molecule has 128 valence electrons. The first-order valence-corrected chi connectivity index (χ1v) is 9.24. The summed E-state index contributed by atoms with van der Waals surface area (Å²) in [7, 11) is 0. The Hall–Kier alpha value is -3.45. The molecule has 27 heavy (non-hydrogen) atoms. The van der Waals surface area contributed by atoms with E-state index in [0.717, 1.165) is 11.2 Å². The second kappa shape index (κ2) is 6.37. The quantitative estimate of drug-likeness (QED) is 0.335. The van der Waals surface area contributed by atoms with Crippen molar-refractivity contribution >= 4 is 21.7 Å². The minimum Gasteiger partial charge on any atom is -0.248 e. The third kappa shape index (κ3) is 2.78. The molecule has 1 heteroatoms. The highest BCUT2D eigenvalue weighted by molar-refractivity contribution is 6.01. The van der Waals surface area contributed by atoms with Crippen molar-refractivity contribution in [2.24, 2.45) is 0 Å². The van der Waals surface area contributed by atoms with E-state index in [0.29, 0.717) is 0 Å². The predicted octanol–water partition coefficient (Wildman–Crippen LogP) is 7.03. The van der Waals surface area contributed by atoms with E-state index in [4.69, 9.17) is 4.98 Å². The molecule has 5 aromatic rings. The Morgan fingerprint density at radius 3 is 2.26 bits per heavy atom.